The summed E-state index contributed by atoms with van der Waals surface area (Å²) >= 11 is 1.47. The second-order valence-corrected chi connectivity index (χ2v) is 5.77. The van der Waals surface area contributed by atoms with Crippen molar-refractivity contribution < 1.29 is 9.59 Å². The fraction of sp³-hybridized carbons (Fsp3) is 0.214. The molecular formula is C14H14N4O2S. The van der Waals surface area contributed by atoms with Crippen molar-refractivity contribution in [1.29, 1.82) is 0 Å². The molecule has 0 radical (unpaired) electrons. The van der Waals surface area contributed by atoms with Crippen LogP contribution in [0.4, 0.5) is 5.69 Å². The Hall–Kier alpha value is -2.28. The highest BCUT2D eigenvalue weighted by atomic mass is 32.2. The van der Waals surface area contributed by atoms with Gasteiger partial charge in [-0.3, -0.25) is 14.7 Å². The van der Waals surface area contributed by atoms with Gasteiger partial charge in [-0.1, -0.05) is 0 Å². The Labute approximate surface area is 125 Å². The maximum atomic E-state index is 12.2. The monoisotopic (exact) mass is 302 g/mol. The van der Waals surface area contributed by atoms with Gasteiger partial charge < -0.3 is 10.6 Å². The number of thioether (sulfide) groups is 1. The van der Waals surface area contributed by atoms with Crippen LogP contribution in [0.1, 0.15) is 21.6 Å². The lowest BCUT2D eigenvalue weighted by Crippen LogP contribution is -2.24. The van der Waals surface area contributed by atoms with Gasteiger partial charge in [-0.25, -0.2) is 0 Å². The molecular weight excluding hydrogens is 288 g/mol. The third kappa shape index (κ3) is 2.92. The standard InChI is InChI=1S/C14H14N4O2S/c1-8-10(6-16-18-8)5-15-14(20)9-2-3-12-11(4-9)17-13(19)7-21-12/h2-4,6H,5,7H2,1H3,(H,15,20)(H,16,18)(H,17,19). The van der Waals surface area contributed by atoms with Gasteiger partial charge in [0.15, 0.2) is 0 Å². The first-order valence-corrected chi connectivity index (χ1v) is 7.46. The number of carbonyl (C=O) groups is 2. The Morgan fingerprint density at radius 1 is 1.48 bits per heavy atom. The maximum Gasteiger partial charge on any atom is 0.251 e. The van der Waals surface area contributed by atoms with Crippen LogP contribution in [0.25, 0.3) is 0 Å². The molecule has 2 amide bonds. The first-order valence-electron chi connectivity index (χ1n) is 6.47. The Bertz CT molecular complexity index is 711. The summed E-state index contributed by atoms with van der Waals surface area (Å²) in [6, 6.07) is 5.33. The predicted octanol–water partition coefficient (Wildman–Crippen LogP) is 1.69. The minimum Gasteiger partial charge on any atom is -0.348 e. The van der Waals surface area contributed by atoms with Crippen LogP contribution in [0.5, 0.6) is 0 Å². The number of benzene rings is 1. The van der Waals surface area contributed by atoms with Crippen molar-refractivity contribution in [3.63, 3.8) is 0 Å². The smallest absolute Gasteiger partial charge is 0.251 e. The fourth-order valence-corrected chi connectivity index (χ4v) is 2.84. The molecule has 3 N–H and O–H groups in total. The molecule has 0 saturated heterocycles. The van der Waals surface area contributed by atoms with E-state index >= 15 is 0 Å². The van der Waals surface area contributed by atoms with E-state index < -0.39 is 0 Å². The minimum atomic E-state index is -0.178. The molecule has 0 aliphatic carbocycles. The lowest BCUT2D eigenvalue weighted by Gasteiger charge is -2.16. The first kappa shape index (κ1) is 13.7. The Kier molecular flexibility index (Phi) is 3.66. The fourth-order valence-electron chi connectivity index (χ4n) is 2.06. The minimum absolute atomic E-state index is 0.0425. The number of amides is 2. The molecule has 0 fully saturated rings. The summed E-state index contributed by atoms with van der Waals surface area (Å²) in [5.41, 5.74) is 3.11. The second-order valence-electron chi connectivity index (χ2n) is 4.75. The summed E-state index contributed by atoms with van der Waals surface area (Å²) in [7, 11) is 0. The zero-order valence-electron chi connectivity index (χ0n) is 11.4. The lowest BCUT2D eigenvalue weighted by atomic mass is 10.1. The molecule has 1 aromatic heterocycles. The van der Waals surface area contributed by atoms with Crippen molar-refractivity contribution in [3.8, 4) is 0 Å². The highest BCUT2D eigenvalue weighted by Crippen LogP contribution is 2.31. The average Bonchev–Trinajstić information content (AvgIpc) is 2.89. The Balaban J connectivity index is 1.72. The van der Waals surface area contributed by atoms with Gasteiger partial charge in [0, 0.05) is 28.3 Å². The van der Waals surface area contributed by atoms with E-state index in [2.05, 4.69) is 20.8 Å². The number of nitrogens with zero attached hydrogens (tertiary/aromatic N) is 1. The van der Waals surface area contributed by atoms with Crippen molar-refractivity contribution in [2.75, 3.05) is 11.1 Å². The maximum absolute atomic E-state index is 12.2. The van der Waals surface area contributed by atoms with Crippen molar-refractivity contribution >= 4 is 29.3 Å². The Morgan fingerprint density at radius 2 is 2.33 bits per heavy atom. The molecule has 7 heteroatoms. The number of hydrogen-bond donors (Lipinski definition) is 3. The van der Waals surface area contributed by atoms with E-state index in [9.17, 15) is 9.59 Å². The van der Waals surface area contributed by atoms with Crippen molar-refractivity contribution in [2.45, 2.75) is 18.4 Å². The third-order valence-corrected chi connectivity index (χ3v) is 4.32. The van der Waals surface area contributed by atoms with Crippen LogP contribution in [0.3, 0.4) is 0 Å². The number of fused-ring (bicyclic) bond motifs is 1. The summed E-state index contributed by atoms with van der Waals surface area (Å²) in [5.74, 6) is 0.195. The lowest BCUT2D eigenvalue weighted by molar-refractivity contribution is -0.113. The SMILES string of the molecule is Cc1[nH]ncc1CNC(=O)c1ccc2c(c1)NC(=O)CS2. The number of aromatic amines is 1. The van der Waals surface area contributed by atoms with Gasteiger partial charge >= 0.3 is 0 Å². The van der Waals surface area contributed by atoms with E-state index in [-0.39, 0.29) is 11.8 Å². The van der Waals surface area contributed by atoms with Gasteiger partial charge in [0.25, 0.3) is 5.91 Å². The molecule has 2 aromatic rings. The summed E-state index contributed by atoms with van der Waals surface area (Å²) in [5, 5.41) is 12.4. The van der Waals surface area contributed by atoms with E-state index in [0.29, 0.717) is 23.5 Å². The highest BCUT2D eigenvalue weighted by molar-refractivity contribution is 8.00. The van der Waals surface area contributed by atoms with Crippen LogP contribution in [0, 0.1) is 6.92 Å². The zero-order chi connectivity index (χ0) is 14.8. The van der Waals surface area contributed by atoms with Crippen LogP contribution < -0.4 is 10.6 Å². The quantitative estimate of drug-likeness (QED) is 0.805. The summed E-state index contributed by atoms with van der Waals surface area (Å²) in [4.78, 5) is 24.5. The van der Waals surface area contributed by atoms with Crippen LogP contribution in [0.2, 0.25) is 0 Å². The number of anilines is 1. The molecule has 21 heavy (non-hydrogen) atoms. The Morgan fingerprint density at radius 3 is 3.10 bits per heavy atom. The van der Waals surface area contributed by atoms with Crippen LogP contribution in [-0.4, -0.2) is 27.8 Å². The van der Waals surface area contributed by atoms with Crippen LogP contribution >= 0.6 is 11.8 Å². The number of nitrogens with one attached hydrogen (secondary N) is 3. The van der Waals surface area contributed by atoms with Crippen LogP contribution in [-0.2, 0) is 11.3 Å². The summed E-state index contributed by atoms with van der Waals surface area (Å²) in [6.07, 6.45) is 1.69. The summed E-state index contributed by atoms with van der Waals surface area (Å²) < 4.78 is 0. The highest BCUT2D eigenvalue weighted by Gasteiger charge is 2.17. The van der Waals surface area contributed by atoms with Gasteiger partial charge in [-0.15, -0.1) is 11.8 Å². The molecule has 108 valence electrons. The van der Waals surface area contributed by atoms with Gasteiger partial charge in [-0.05, 0) is 25.1 Å². The number of aryl methyl sites for hydroxylation is 1. The third-order valence-electron chi connectivity index (χ3n) is 3.25. The number of H-pyrrole nitrogens is 1. The van der Waals surface area contributed by atoms with Gasteiger partial charge in [0.1, 0.15) is 0 Å². The van der Waals surface area contributed by atoms with Gasteiger partial charge in [0.2, 0.25) is 5.91 Å². The molecule has 0 bridgehead atoms. The second kappa shape index (κ2) is 5.61. The number of rotatable bonds is 3. The average molecular weight is 302 g/mol. The molecule has 0 unspecified atom stereocenters. The largest absolute Gasteiger partial charge is 0.348 e. The van der Waals surface area contributed by atoms with Crippen molar-refractivity contribution in [1.82, 2.24) is 15.5 Å². The van der Waals surface area contributed by atoms with E-state index in [1.165, 1.54) is 11.8 Å². The number of hydrogen-bond acceptors (Lipinski definition) is 4. The normalized spacial score (nSPS) is 13.5. The molecule has 2 heterocycles. The molecule has 0 saturated carbocycles. The predicted molar refractivity (Wildman–Crippen MR) is 80.3 cm³/mol. The molecule has 0 atom stereocenters. The van der Waals surface area contributed by atoms with Crippen LogP contribution in [0.15, 0.2) is 29.3 Å². The van der Waals surface area contributed by atoms with E-state index in [0.717, 1.165) is 16.2 Å². The molecule has 0 spiro atoms. The number of aromatic nitrogens is 2. The van der Waals surface area contributed by atoms with E-state index in [1.54, 1.807) is 18.3 Å². The number of carbonyl (C=O) groups excluding carboxylic acids is 2. The van der Waals surface area contributed by atoms with E-state index in [1.807, 2.05) is 13.0 Å². The summed E-state index contributed by atoms with van der Waals surface area (Å²) in [6.45, 7) is 2.32. The molecule has 1 aromatic carbocycles. The molecule has 1 aliphatic heterocycles. The first-order chi connectivity index (χ1) is 10.1. The van der Waals surface area contributed by atoms with E-state index in [4.69, 9.17) is 0 Å². The topological polar surface area (TPSA) is 86.9 Å². The zero-order valence-corrected chi connectivity index (χ0v) is 12.2. The van der Waals surface area contributed by atoms with Gasteiger partial charge in [0.05, 0.1) is 17.6 Å². The van der Waals surface area contributed by atoms with Crippen molar-refractivity contribution in [2.24, 2.45) is 0 Å². The molecule has 3 rings (SSSR count). The molecule has 6 nitrogen and oxygen atoms in total. The molecule has 1 aliphatic rings. The van der Waals surface area contributed by atoms with Gasteiger partial charge in [-0.2, -0.15) is 5.10 Å². The van der Waals surface area contributed by atoms with Crippen molar-refractivity contribution in [3.05, 3.63) is 41.2 Å².